The zero-order valence-electron chi connectivity index (χ0n) is 83.7. The maximum absolute atomic E-state index is 16.9. The van der Waals surface area contributed by atoms with Gasteiger partial charge in [0.2, 0.25) is 12.2 Å². The molecule has 24 N–H and O–H groups in total. The van der Waals surface area contributed by atoms with Crippen LogP contribution in [-0.2, 0) is 104 Å². The zero-order chi connectivity index (χ0) is 106. The standard InChI is InChI=1S/C98H155NO45/c1-17-93(12,126)27-19-21-40(3)80(123)138-75-42(5)131-87(73(121)69(75)117)144-94(13,18-2)28-20-22-45(34-100)81(124)136-57-33-98(90(125)143-89-79(68(116)62(110)50(36-102)134-89)142-86-74(122)77(140-85-72(120)66(114)61(109)49(35-101)132-85)76(43(6)130-86)139-84-71(119)63(111)51(37-103)133-84)47(31-91(57,8)9)46-23-24-54-95(14)29-26-56(92(10,11)53(95)25-30-96(54,15)97(46,16)32-55(98)106)137-82-58(99-44(7)104)65(113)64(112)52(135-82)39-128-88-78(67(115)59(107)41(4)129-88)141-83-70(118)60(108)48(105)38-127-83/h17-18,21-23,41-43,47-79,82-89,100-103,105-122,126H,1-2,19-20,24-39H2,3-16H3,(H,99,104)/b40-21+,45-22+/t41-,42-,43+,47?,48-,49-,50-,51+,52-,53?,54-,55-,56+,57+,58-,59+,60+,61-,62-,63+,64-,65-,66+,67+,68+,69-,70-,71-,72-,73-,74-,75-,76+,77+,78-,79-,82+,83+,84+,85+,86+,87+,88-,89+,93?,94-,95+,96-,97-,98-/m1/s1. The van der Waals surface area contributed by atoms with Crippen molar-refractivity contribution in [2.24, 2.45) is 50.2 Å². The van der Waals surface area contributed by atoms with Crippen molar-refractivity contribution in [2.45, 2.75) is 437 Å². The molecule has 13 aliphatic rings. The summed E-state index contributed by atoms with van der Waals surface area (Å²) in [6, 6.07) is -1.38. The summed E-state index contributed by atoms with van der Waals surface area (Å²) in [7, 11) is 0. The van der Waals surface area contributed by atoms with Crippen LogP contribution in [0.3, 0.4) is 0 Å². The number of aliphatic hydroxyl groups is 23. The van der Waals surface area contributed by atoms with E-state index in [9.17, 15) is 127 Å². The van der Waals surface area contributed by atoms with Gasteiger partial charge in [-0.15, -0.1) is 13.2 Å². The van der Waals surface area contributed by atoms with Crippen LogP contribution in [0.15, 0.2) is 60.3 Å². The van der Waals surface area contributed by atoms with Gasteiger partial charge >= 0.3 is 17.9 Å². The molecule has 3 unspecified atom stereocenters. The lowest BCUT2D eigenvalue weighted by atomic mass is 9.33. The first-order valence-electron chi connectivity index (χ1n) is 49.8. The highest BCUT2D eigenvalue weighted by molar-refractivity contribution is 5.89. The SMILES string of the molecule is C=CC(C)(O)CC/C=C(\C)C(=O)O[C@H]1[C@H](O)[C@@H](O)[C@H](O[C@](C)(C=C)CC/C=C(\CO)C(=O)O[C@H]2C[C@@]3(C(=O)O[C@@H]4O[C@H](CO)[C@@H](O)[C@H](O)[C@H]4O[C@@H]4O[C@@H](C)[C@H](O[C@@H]5O[C@@H](CO)[C@H](O)[C@H]5O)[C@@H](O[C@@H]5O[C@H](CO)[C@@H](O)[C@H](O)[C@H]5O)[C@H]4O)C(CC2(C)C)C2=CC[C@@H]4[C@@]5(C)CC[C@H](O[C@@H]6O[C@H](CO[C@@H]7O[C@H](C)[C@H](O)[C@H](O)[C@H]7O[C@@H]7OC[C@@H](O)[C@H](O)[C@H]7O)[C@@H](O)[C@H](O)[C@H]6NC(C)=O)C(C)(C)C5CC[C@@]4(C)[C@]2(C)C[C@H]3O)O[C@@H]1C. The smallest absolute Gasteiger partial charge is 0.336 e. The molecule has 12 fully saturated rings. The molecule has 46 heteroatoms. The largest absolute Gasteiger partial charge is 0.458 e. The summed E-state index contributed by atoms with van der Waals surface area (Å²) in [5.74, 6) is -5.22. The van der Waals surface area contributed by atoms with Gasteiger partial charge in [0.1, 0.15) is 164 Å². The quantitative estimate of drug-likeness (QED) is 0.00944. The van der Waals surface area contributed by atoms with Crippen LogP contribution < -0.4 is 5.32 Å². The molecule has 0 spiro atoms. The Morgan fingerprint density at radius 3 is 1.64 bits per heavy atom. The Balaban J connectivity index is 0.787. The molecule has 4 saturated carbocycles. The second-order valence-corrected chi connectivity index (χ2v) is 44.1. The van der Waals surface area contributed by atoms with E-state index in [1.165, 1.54) is 52.8 Å². The number of hydrogen-bond acceptors (Lipinski definition) is 45. The van der Waals surface area contributed by atoms with Gasteiger partial charge in [0.25, 0.3) is 0 Å². The van der Waals surface area contributed by atoms with E-state index in [1.54, 1.807) is 33.8 Å². The number of rotatable bonds is 34. The average Bonchev–Trinajstić information content (AvgIpc) is 0.756. The van der Waals surface area contributed by atoms with Crippen molar-refractivity contribution in [3.05, 3.63) is 60.3 Å². The lowest BCUT2D eigenvalue weighted by molar-refractivity contribution is -0.390. The Morgan fingerprint density at radius 1 is 0.486 bits per heavy atom. The second kappa shape index (κ2) is 45.8. The van der Waals surface area contributed by atoms with Crippen molar-refractivity contribution < 1.29 is 222 Å². The number of carbonyl (C=O) groups is 4. The Hall–Kier alpha value is -4.94. The van der Waals surface area contributed by atoms with Gasteiger partial charge in [0, 0.05) is 24.3 Å². The van der Waals surface area contributed by atoms with Crippen LogP contribution in [-0.4, -0.2) is 444 Å². The summed E-state index contributed by atoms with van der Waals surface area (Å²) in [5.41, 5.74) is -8.61. The first-order chi connectivity index (χ1) is 67.4. The van der Waals surface area contributed by atoms with E-state index in [4.69, 9.17) is 85.3 Å². The van der Waals surface area contributed by atoms with Gasteiger partial charge in [0.05, 0.1) is 86.9 Å². The first kappa shape index (κ1) is 116. The van der Waals surface area contributed by atoms with Gasteiger partial charge in [-0.2, -0.15) is 0 Å². The molecule has 46 nitrogen and oxygen atoms in total. The van der Waals surface area contributed by atoms with Crippen LogP contribution in [0.5, 0.6) is 0 Å². The third-order valence-electron chi connectivity index (χ3n) is 33.9. The zero-order valence-corrected chi connectivity index (χ0v) is 83.7. The van der Waals surface area contributed by atoms with Gasteiger partial charge in [-0.3, -0.25) is 9.59 Å². The first-order valence-corrected chi connectivity index (χ1v) is 49.8. The number of carbonyl (C=O) groups excluding carboxylic acids is 4. The normalized spacial score (nSPS) is 47.9. The summed E-state index contributed by atoms with van der Waals surface area (Å²) in [4.78, 5) is 58.3. The van der Waals surface area contributed by atoms with Gasteiger partial charge in [-0.05, 0) is 152 Å². The maximum Gasteiger partial charge on any atom is 0.336 e. The highest BCUT2D eigenvalue weighted by Gasteiger charge is 2.74. The number of aliphatic hydroxyl groups excluding tert-OH is 22. The van der Waals surface area contributed by atoms with Gasteiger partial charge in [-0.25, -0.2) is 9.59 Å². The molecule has 50 atom stereocenters. The fraction of sp³-hybridized carbons (Fsp3) is 0.857. The number of fused-ring (bicyclic) bond motifs is 7. The van der Waals surface area contributed by atoms with Crippen molar-refractivity contribution in [3.63, 3.8) is 0 Å². The van der Waals surface area contributed by atoms with Crippen molar-refractivity contribution in [3.8, 4) is 0 Å². The number of allylic oxidation sites excluding steroid dienone is 4. The van der Waals surface area contributed by atoms with Crippen molar-refractivity contribution >= 4 is 23.8 Å². The Bertz CT molecular complexity index is 4470. The number of nitrogens with one attached hydrogen (secondary N) is 1. The molecular formula is C98H155NO45. The van der Waals surface area contributed by atoms with Crippen LogP contribution in [0.25, 0.3) is 0 Å². The molecule has 0 radical (unpaired) electrons. The monoisotopic (exact) mass is 2070 g/mol. The molecule has 144 heavy (non-hydrogen) atoms. The second-order valence-electron chi connectivity index (χ2n) is 44.1. The molecule has 0 aromatic rings. The van der Waals surface area contributed by atoms with E-state index in [0.29, 0.717) is 32.1 Å². The lowest BCUT2D eigenvalue weighted by Crippen LogP contribution is -2.70. The van der Waals surface area contributed by atoms with E-state index in [0.717, 1.165) is 5.57 Å². The third kappa shape index (κ3) is 22.6. The fourth-order valence-corrected chi connectivity index (χ4v) is 24.6. The lowest BCUT2D eigenvalue weighted by Gasteiger charge is -2.72. The molecule has 13 rings (SSSR count). The molecule has 1 amide bonds. The molecule has 8 aliphatic heterocycles. The number of amides is 1. The van der Waals surface area contributed by atoms with Crippen LogP contribution in [0.2, 0.25) is 0 Å². The highest BCUT2D eigenvalue weighted by atomic mass is 16.8. The molecule has 8 heterocycles. The molecule has 8 saturated heterocycles. The van der Waals surface area contributed by atoms with Crippen molar-refractivity contribution in [1.29, 1.82) is 0 Å². The number of esters is 3. The van der Waals surface area contributed by atoms with E-state index in [2.05, 4.69) is 52.2 Å². The fourth-order valence-electron chi connectivity index (χ4n) is 24.6. The number of ether oxygens (including phenoxy) is 18. The van der Waals surface area contributed by atoms with Crippen molar-refractivity contribution in [1.82, 2.24) is 5.32 Å². The Morgan fingerprint density at radius 2 is 1.01 bits per heavy atom. The predicted molar refractivity (Wildman–Crippen MR) is 488 cm³/mol. The molecule has 0 bridgehead atoms. The van der Waals surface area contributed by atoms with E-state index >= 15 is 9.59 Å². The minimum atomic E-state index is -2.29. The highest BCUT2D eigenvalue weighted by Crippen LogP contribution is 2.76. The predicted octanol–water partition coefficient (Wildman–Crippen LogP) is -4.89. The number of hydrogen-bond donors (Lipinski definition) is 24. The van der Waals surface area contributed by atoms with Gasteiger partial charge in [-0.1, -0.05) is 84.4 Å². The topological polar surface area (TPSA) is 712 Å². The Labute approximate surface area is 834 Å². The summed E-state index contributed by atoms with van der Waals surface area (Å²) < 4.78 is 111. The van der Waals surface area contributed by atoms with Gasteiger partial charge in [0.15, 0.2) is 56.2 Å². The van der Waals surface area contributed by atoms with Gasteiger partial charge < -0.3 is 208 Å². The van der Waals surface area contributed by atoms with Crippen LogP contribution >= 0.6 is 0 Å². The summed E-state index contributed by atoms with van der Waals surface area (Å²) >= 11 is 0. The molecule has 5 aliphatic carbocycles. The minimum absolute atomic E-state index is 0.0300. The molecule has 0 aromatic carbocycles. The van der Waals surface area contributed by atoms with Crippen LogP contribution in [0, 0.1) is 50.2 Å². The summed E-state index contributed by atoms with van der Waals surface area (Å²) in [6.07, 6.45) is -59.4. The van der Waals surface area contributed by atoms with Crippen LogP contribution in [0.4, 0.5) is 0 Å². The van der Waals surface area contributed by atoms with Crippen molar-refractivity contribution in [2.75, 3.05) is 39.6 Å². The summed E-state index contributed by atoms with van der Waals surface area (Å²) in [5, 5.41) is 262. The minimum Gasteiger partial charge on any atom is -0.458 e. The van der Waals surface area contributed by atoms with E-state index in [1.807, 2.05) is 6.92 Å². The maximum atomic E-state index is 16.9. The van der Waals surface area contributed by atoms with E-state index < -0.39 is 371 Å². The average molecular weight is 2070 g/mol. The molecular weight excluding hydrogens is 1910 g/mol. The Kier molecular flexibility index (Phi) is 36.9. The van der Waals surface area contributed by atoms with E-state index in [-0.39, 0.29) is 61.5 Å². The summed E-state index contributed by atoms with van der Waals surface area (Å²) in [6.45, 7) is 27.0. The third-order valence-corrected chi connectivity index (χ3v) is 33.9. The molecule has 0 aromatic heterocycles. The van der Waals surface area contributed by atoms with Crippen LogP contribution in [0.1, 0.15) is 174 Å². The molecule has 822 valence electrons.